The van der Waals surface area contributed by atoms with E-state index in [1.54, 1.807) is 26.5 Å². The normalized spacial score (nSPS) is 9.88. The first-order valence-electron chi connectivity index (χ1n) is 4.89. The van der Waals surface area contributed by atoms with Crippen LogP contribution < -0.4 is 9.47 Å². The van der Waals surface area contributed by atoms with Gasteiger partial charge in [0.1, 0.15) is 11.5 Å². The van der Waals surface area contributed by atoms with Crippen LogP contribution in [0.3, 0.4) is 0 Å². The van der Waals surface area contributed by atoms with Crippen molar-refractivity contribution in [3.8, 4) is 22.6 Å². The maximum atomic E-state index is 5.32. The van der Waals surface area contributed by atoms with Gasteiger partial charge in [-0.2, -0.15) is 0 Å². The van der Waals surface area contributed by atoms with Gasteiger partial charge in [0, 0.05) is 23.4 Å². The third-order valence-corrected chi connectivity index (χ3v) is 2.34. The molecule has 81 valence electrons. The van der Waals surface area contributed by atoms with Gasteiger partial charge in [-0.15, -0.1) is 0 Å². The van der Waals surface area contributed by atoms with Crippen molar-refractivity contribution in [3.63, 3.8) is 0 Å². The molecule has 1 heterocycles. The fourth-order valence-corrected chi connectivity index (χ4v) is 1.52. The van der Waals surface area contributed by atoms with Crippen molar-refractivity contribution in [3.05, 3.63) is 42.7 Å². The summed E-state index contributed by atoms with van der Waals surface area (Å²) >= 11 is 0. The summed E-state index contributed by atoms with van der Waals surface area (Å²) in [4.78, 5) is 3.97. The molecule has 3 heteroatoms. The Morgan fingerprint density at radius 3 is 2.62 bits per heavy atom. The van der Waals surface area contributed by atoms with Crippen molar-refractivity contribution in [1.82, 2.24) is 4.98 Å². The highest BCUT2D eigenvalue weighted by Gasteiger charge is 2.06. The maximum Gasteiger partial charge on any atom is 0.130 e. The minimum Gasteiger partial charge on any atom is -0.497 e. The van der Waals surface area contributed by atoms with Crippen molar-refractivity contribution in [2.75, 3.05) is 14.2 Å². The number of nitrogens with zero attached hydrogens (tertiary/aromatic N) is 1. The number of methoxy groups -OCH3 is 2. The number of aromatic nitrogens is 1. The SMILES string of the molecule is COc1ccc(-c2cc[c]nc2)c(OC)c1. The molecule has 0 bridgehead atoms. The highest BCUT2D eigenvalue weighted by atomic mass is 16.5. The quantitative estimate of drug-likeness (QED) is 0.786. The van der Waals surface area contributed by atoms with Gasteiger partial charge >= 0.3 is 0 Å². The minimum atomic E-state index is 0.771. The summed E-state index contributed by atoms with van der Waals surface area (Å²) in [6.45, 7) is 0. The molecule has 0 fully saturated rings. The monoisotopic (exact) mass is 214 g/mol. The van der Waals surface area contributed by atoms with Crippen LogP contribution in [0.25, 0.3) is 11.1 Å². The predicted molar refractivity (Wildman–Crippen MR) is 61.6 cm³/mol. The van der Waals surface area contributed by atoms with Crippen molar-refractivity contribution in [2.45, 2.75) is 0 Å². The second kappa shape index (κ2) is 4.66. The lowest BCUT2D eigenvalue weighted by atomic mass is 10.1. The van der Waals surface area contributed by atoms with Gasteiger partial charge in [-0.1, -0.05) is 6.07 Å². The van der Waals surface area contributed by atoms with Gasteiger partial charge < -0.3 is 9.47 Å². The first-order chi connectivity index (χ1) is 7.85. The van der Waals surface area contributed by atoms with E-state index >= 15 is 0 Å². The summed E-state index contributed by atoms with van der Waals surface area (Å²) in [5.41, 5.74) is 1.99. The Labute approximate surface area is 94.7 Å². The third kappa shape index (κ3) is 1.98. The van der Waals surface area contributed by atoms with Crippen LogP contribution in [-0.2, 0) is 0 Å². The number of rotatable bonds is 3. The first-order valence-corrected chi connectivity index (χ1v) is 4.89. The van der Waals surface area contributed by atoms with E-state index < -0.39 is 0 Å². The van der Waals surface area contributed by atoms with Crippen molar-refractivity contribution >= 4 is 0 Å². The zero-order valence-corrected chi connectivity index (χ0v) is 9.23. The molecule has 0 unspecified atom stereocenters. The van der Waals surface area contributed by atoms with Gasteiger partial charge in [-0.05, 0) is 18.2 Å². The Balaban J connectivity index is 2.49. The molecule has 0 amide bonds. The van der Waals surface area contributed by atoms with Crippen LogP contribution in [0.2, 0.25) is 0 Å². The third-order valence-electron chi connectivity index (χ3n) is 2.34. The van der Waals surface area contributed by atoms with Crippen molar-refractivity contribution in [2.24, 2.45) is 0 Å². The van der Waals surface area contributed by atoms with Crippen LogP contribution in [0.15, 0.2) is 36.5 Å². The average molecular weight is 214 g/mol. The predicted octanol–water partition coefficient (Wildman–Crippen LogP) is 2.57. The van der Waals surface area contributed by atoms with E-state index in [0.29, 0.717) is 0 Å². The molecule has 2 aromatic rings. The largest absolute Gasteiger partial charge is 0.497 e. The van der Waals surface area contributed by atoms with E-state index in [1.165, 1.54) is 0 Å². The molecule has 1 aromatic carbocycles. The van der Waals surface area contributed by atoms with Crippen LogP contribution in [0.4, 0.5) is 0 Å². The molecule has 0 atom stereocenters. The standard InChI is InChI=1S/C13H12NO2/c1-15-11-5-6-12(13(8-11)16-2)10-4-3-7-14-9-10/h3-6,8-9H,1-2H3. The maximum absolute atomic E-state index is 5.32. The molecule has 1 radical (unpaired) electrons. The summed E-state index contributed by atoms with van der Waals surface area (Å²) in [7, 11) is 3.27. The van der Waals surface area contributed by atoms with Crippen LogP contribution in [0.5, 0.6) is 11.5 Å². The summed E-state index contributed by atoms with van der Waals surface area (Å²) in [5.74, 6) is 1.54. The van der Waals surface area contributed by atoms with E-state index in [4.69, 9.17) is 9.47 Å². The van der Waals surface area contributed by atoms with E-state index in [-0.39, 0.29) is 0 Å². The molecule has 16 heavy (non-hydrogen) atoms. The number of hydrogen-bond acceptors (Lipinski definition) is 3. The Morgan fingerprint density at radius 2 is 2.00 bits per heavy atom. The van der Waals surface area contributed by atoms with Crippen LogP contribution in [0.1, 0.15) is 0 Å². The highest BCUT2D eigenvalue weighted by molar-refractivity contribution is 5.70. The summed E-state index contributed by atoms with van der Waals surface area (Å²) in [6.07, 6.45) is 4.50. The van der Waals surface area contributed by atoms with Gasteiger partial charge in [0.05, 0.1) is 20.4 Å². The molecule has 0 spiro atoms. The molecule has 0 saturated heterocycles. The molecular formula is C13H12NO2. The fourth-order valence-electron chi connectivity index (χ4n) is 1.52. The van der Waals surface area contributed by atoms with Crippen molar-refractivity contribution in [1.29, 1.82) is 0 Å². The molecular weight excluding hydrogens is 202 g/mol. The van der Waals surface area contributed by atoms with Gasteiger partial charge in [-0.3, -0.25) is 4.98 Å². The van der Waals surface area contributed by atoms with E-state index in [9.17, 15) is 0 Å². The molecule has 0 aliphatic heterocycles. The molecule has 2 rings (SSSR count). The highest BCUT2D eigenvalue weighted by Crippen LogP contribution is 2.32. The van der Waals surface area contributed by atoms with Crippen LogP contribution >= 0.6 is 0 Å². The van der Waals surface area contributed by atoms with Crippen molar-refractivity contribution < 1.29 is 9.47 Å². The molecule has 0 saturated carbocycles. The van der Waals surface area contributed by atoms with Gasteiger partial charge in [0.15, 0.2) is 0 Å². The lowest BCUT2D eigenvalue weighted by molar-refractivity contribution is 0.395. The molecule has 0 aliphatic carbocycles. The average Bonchev–Trinajstić information content (AvgIpc) is 2.39. The van der Waals surface area contributed by atoms with Crippen LogP contribution in [-0.4, -0.2) is 19.2 Å². The number of benzene rings is 1. The zero-order chi connectivity index (χ0) is 11.4. The van der Waals surface area contributed by atoms with Crippen LogP contribution in [0, 0.1) is 6.20 Å². The number of pyridine rings is 1. The Bertz CT molecular complexity index is 469. The van der Waals surface area contributed by atoms with E-state index in [1.807, 2.05) is 24.3 Å². The Hall–Kier alpha value is -2.03. The summed E-state index contributed by atoms with van der Waals surface area (Å²) in [5, 5.41) is 0. The minimum absolute atomic E-state index is 0.771. The van der Waals surface area contributed by atoms with Gasteiger partial charge in [0.2, 0.25) is 0 Å². The van der Waals surface area contributed by atoms with Gasteiger partial charge in [-0.25, -0.2) is 0 Å². The molecule has 1 aromatic heterocycles. The topological polar surface area (TPSA) is 31.4 Å². The summed E-state index contributed by atoms with van der Waals surface area (Å²) < 4.78 is 10.5. The zero-order valence-electron chi connectivity index (χ0n) is 9.23. The summed E-state index contributed by atoms with van der Waals surface area (Å²) in [6, 6.07) is 9.42. The van der Waals surface area contributed by atoms with E-state index in [2.05, 4.69) is 11.2 Å². The second-order valence-electron chi connectivity index (χ2n) is 3.24. The Morgan fingerprint density at radius 1 is 1.12 bits per heavy atom. The Kier molecular flexibility index (Phi) is 3.05. The second-order valence-corrected chi connectivity index (χ2v) is 3.24. The smallest absolute Gasteiger partial charge is 0.130 e. The fraction of sp³-hybridized carbons (Fsp3) is 0.154. The number of ether oxygens (including phenoxy) is 2. The molecule has 3 nitrogen and oxygen atoms in total. The number of hydrogen-bond donors (Lipinski definition) is 0. The van der Waals surface area contributed by atoms with E-state index in [0.717, 1.165) is 22.6 Å². The first kappa shape index (κ1) is 10.5. The lowest BCUT2D eigenvalue weighted by Crippen LogP contribution is -1.90. The molecule has 0 N–H and O–H groups in total. The van der Waals surface area contributed by atoms with Gasteiger partial charge in [0.25, 0.3) is 0 Å². The lowest BCUT2D eigenvalue weighted by Gasteiger charge is -2.09. The molecule has 0 aliphatic rings.